The summed E-state index contributed by atoms with van der Waals surface area (Å²) in [5.74, 6) is -2.60. The van der Waals surface area contributed by atoms with Gasteiger partial charge in [-0.1, -0.05) is 41.4 Å². The van der Waals surface area contributed by atoms with E-state index in [1.165, 1.54) is 24.3 Å². The topological polar surface area (TPSA) is 162 Å². The Bertz CT molecular complexity index is 1520. The van der Waals surface area contributed by atoms with Gasteiger partial charge in [-0.25, -0.2) is 9.69 Å². The van der Waals surface area contributed by atoms with Crippen LogP contribution in [-0.4, -0.2) is 27.7 Å². The zero-order chi connectivity index (χ0) is 26.9. The molecule has 0 atom stereocenters. The van der Waals surface area contributed by atoms with Gasteiger partial charge in [-0.15, -0.1) is 0 Å². The number of carbonyl (C=O) groups excluding carboxylic acids is 3. The third kappa shape index (κ3) is 5.10. The van der Waals surface area contributed by atoms with Crippen LogP contribution in [0.25, 0.3) is 6.08 Å². The Balaban J connectivity index is 1.81. The maximum Gasteiger partial charge on any atom is 0.335 e. The van der Waals surface area contributed by atoms with Crippen molar-refractivity contribution in [3.8, 4) is 11.5 Å². The Morgan fingerprint density at radius 2 is 1.62 bits per heavy atom. The van der Waals surface area contributed by atoms with E-state index in [0.29, 0.717) is 6.07 Å². The molecule has 12 nitrogen and oxygen atoms in total. The molecular weight excluding hydrogens is 531 g/mol. The zero-order valence-corrected chi connectivity index (χ0v) is 19.7. The highest BCUT2D eigenvalue weighted by Crippen LogP contribution is 2.41. The highest BCUT2D eigenvalue weighted by Gasteiger charge is 2.37. The number of halogens is 2. The summed E-state index contributed by atoms with van der Waals surface area (Å²) in [4.78, 5) is 59.7. The van der Waals surface area contributed by atoms with Gasteiger partial charge in [-0.05, 0) is 36.4 Å². The molecule has 1 fully saturated rings. The van der Waals surface area contributed by atoms with Crippen LogP contribution in [0.4, 0.5) is 21.9 Å². The van der Waals surface area contributed by atoms with Crippen molar-refractivity contribution in [3.63, 3.8) is 0 Å². The van der Waals surface area contributed by atoms with Crippen LogP contribution < -0.4 is 15.0 Å². The molecule has 1 aliphatic heterocycles. The molecule has 1 N–H and O–H groups in total. The first-order chi connectivity index (χ1) is 17.6. The number of para-hydroxylation sites is 1. The fourth-order valence-electron chi connectivity index (χ4n) is 3.38. The fourth-order valence-corrected chi connectivity index (χ4v) is 3.93. The highest BCUT2D eigenvalue weighted by molar-refractivity contribution is 6.40. The number of hydrogen-bond acceptors (Lipinski definition) is 8. The van der Waals surface area contributed by atoms with Gasteiger partial charge in [0.1, 0.15) is 5.57 Å². The van der Waals surface area contributed by atoms with Crippen molar-refractivity contribution in [2.24, 2.45) is 0 Å². The molecule has 0 saturated carbocycles. The van der Waals surface area contributed by atoms with Crippen LogP contribution >= 0.6 is 23.2 Å². The van der Waals surface area contributed by atoms with E-state index < -0.39 is 50.4 Å². The molecule has 4 rings (SSSR count). The number of non-ortho nitro benzene ring substituents is 1. The van der Waals surface area contributed by atoms with Crippen molar-refractivity contribution >= 4 is 64.2 Å². The molecule has 3 aromatic carbocycles. The van der Waals surface area contributed by atoms with Crippen molar-refractivity contribution in [2.75, 3.05) is 4.90 Å². The lowest BCUT2D eigenvalue weighted by atomic mass is 10.1. The summed E-state index contributed by atoms with van der Waals surface area (Å²) >= 11 is 12.4. The number of hydrogen-bond donors (Lipinski definition) is 1. The number of nitro groups is 2. The summed E-state index contributed by atoms with van der Waals surface area (Å²) in [6.45, 7) is 0. The van der Waals surface area contributed by atoms with E-state index in [1.807, 2.05) is 0 Å². The number of urea groups is 1. The van der Waals surface area contributed by atoms with Gasteiger partial charge in [-0.2, -0.15) is 0 Å². The van der Waals surface area contributed by atoms with Gasteiger partial charge in [0.05, 0.1) is 26.6 Å². The largest absolute Gasteiger partial charge is 0.448 e. The lowest BCUT2D eigenvalue weighted by Gasteiger charge is -2.26. The third-order valence-electron chi connectivity index (χ3n) is 5.02. The Morgan fingerprint density at radius 3 is 2.27 bits per heavy atom. The molecule has 0 radical (unpaired) electrons. The molecule has 1 heterocycles. The van der Waals surface area contributed by atoms with Crippen LogP contribution in [0.15, 0.2) is 66.2 Å². The van der Waals surface area contributed by atoms with Gasteiger partial charge in [0.15, 0.2) is 5.75 Å². The number of ether oxygens (including phenoxy) is 1. The lowest BCUT2D eigenvalue weighted by Crippen LogP contribution is -2.54. The number of nitro benzene ring substituents is 2. The summed E-state index contributed by atoms with van der Waals surface area (Å²) in [5, 5.41) is 24.5. The minimum absolute atomic E-state index is 0.0361. The summed E-state index contributed by atoms with van der Waals surface area (Å²) in [7, 11) is 0. The maximum atomic E-state index is 13.2. The van der Waals surface area contributed by atoms with Crippen LogP contribution in [0.5, 0.6) is 11.5 Å². The first kappa shape index (κ1) is 25.3. The van der Waals surface area contributed by atoms with E-state index in [2.05, 4.69) is 5.32 Å². The number of nitrogens with zero attached hydrogens (tertiary/aromatic N) is 3. The molecule has 37 heavy (non-hydrogen) atoms. The van der Waals surface area contributed by atoms with E-state index in [4.69, 9.17) is 27.9 Å². The van der Waals surface area contributed by atoms with E-state index in [0.717, 1.165) is 23.1 Å². The van der Waals surface area contributed by atoms with E-state index in [-0.39, 0.29) is 27.0 Å². The van der Waals surface area contributed by atoms with Crippen LogP contribution in [0.3, 0.4) is 0 Å². The van der Waals surface area contributed by atoms with Gasteiger partial charge in [0.2, 0.25) is 5.75 Å². The number of rotatable bonds is 6. The molecule has 1 saturated heterocycles. The third-order valence-corrected chi connectivity index (χ3v) is 5.51. The first-order valence-electron chi connectivity index (χ1n) is 10.1. The number of amides is 4. The van der Waals surface area contributed by atoms with Gasteiger partial charge in [0, 0.05) is 16.7 Å². The van der Waals surface area contributed by atoms with Gasteiger partial charge < -0.3 is 4.74 Å². The predicted octanol–water partition coefficient (Wildman–Crippen LogP) is 5.27. The van der Waals surface area contributed by atoms with Crippen molar-refractivity contribution in [1.29, 1.82) is 0 Å². The van der Waals surface area contributed by atoms with Crippen LogP contribution in [-0.2, 0) is 9.59 Å². The number of anilines is 1. The minimum Gasteiger partial charge on any atom is -0.448 e. The average Bonchev–Trinajstić information content (AvgIpc) is 2.84. The molecule has 4 amide bonds. The Labute approximate surface area is 216 Å². The number of benzene rings is 3. The molecule has 0 spiro atoms. The summed E-state index contributed by atoms with van der Waals surface area (Å²) < 4.78 is 5.64. The highest BCUT2D eigenvalue weighted by atomic mass is 35.5. The smallest absolute Gasteiger partial charge is 0.335 e. The number of imide groups is 2. The second-order valence-corrected chi connectivity index (χ2v) is 8.21. The molecule has 14 heteroatoms. The molecule has 0 aromatic heterocycles. The second-order valence-electron chi connectivity index (χ2n) is 7.37. The Morgan fingerprint density at radius 1 is 0.919 bits per heavy atom. The Hall–Kier alpha value is -4.81. The number of barbiturate groups is 1. The predicted molar refractivity (Wildman–Crippen MR) is 132 cm³/mol. The van der Waals surface area contributed by atoms with Crippen molar-refractivity contribution in [2.45, 2.75) is 0 Å². The van der Waals surface area contributed by atoms with E-state index >= 15 is 0 Å². The first-order valence-corrected chi connectivity index (χ1v) is 10.9. The summed E-state index contributed by atoms with van der Waals surface area (Å²) in [6, 6.07) is 12.1. The zero-order valence-electron chi connectivity index (χ0n) is 18.2. The average molecular weight is 543 g/mol. The fraction of sp³-hybridized carbons (Fsp3) is 0. The Kier molecular flexibility index (Phi) is 6.87. The SMILES string of the molecule is O=C1NC(=O)N(c2ccccc2)C(=O)/C1=C/c1cc(Cl)cc(Cl)c1Oc1ccc([N+](=O)[O-])cc1[N+](=O)[O-]. The quantitative estimate of drug-likeness (QED) is 0.190. The molecule has 0 unspecified atom stereocenters. The van der Waals surface area contributed by atoms with Crippen LogP contribution in [0.1, 0.15) is 5.56 Å². The van der Waals surface area contributed by atoms with Gasteiger partial charge in [0.25, 0.3) is 17.5 Å². The van der Waals surface area contributed by atoms with Crippen molar-refractivity contribution < 1.29 is 29.0 Å². The van der Waals surface area contributed by atoms with Crippen molar-refractivity contribution in [1.82, 2.24) is 5.32 Å². The number of nitrogens with one attached hydrogen (secondary N) is 1. The molecule has 0 bridgehead atoms. The van der Waals surface area contributed by atoms with Crippen LogP contribution in [0.2, 0.25) is 10.0 Å². The van der Waals surface area contributed by atoms with E-state index in [9.17, 15) is 34.6 Å². The minimum atomic E-state index is -1.01. The molecule has 3 aromatic rings. The lowest BCUT2D eigenvalue weighted by molar-refractivity contribution is -0.394. The van der Waals surface area contributed by atoms with Crippen molar-refractivity contribution in [3.05, 3.63) is 102 Å². The number of carbonyl (C=O) groups is 3. The van der Waals surface area contributed by atoms with Crippen LogP contribution in [0, 0.1) is 20.2 Å². The second kappa shape index (κ2) is 10.0. The standard InChI is InChI=1S/C23H12Cl2N4O8/c24-13-8-12(9-16-21(30)26-23(32)27(22(16)31)14-4-2-1-3-5-14)20(17(25)10-13)37-19-7-6-15(28(33)34)11-18(19)29(35)36/h1-11H,(H,26,30,32)/b16-9+. The molecular formula is C23H12Cl2N4O8. The normalized spacial score (nSPS) is 14.5. The molecule has 186 valence electrons. The summed E-state index contributed by atoms with van der Waals surface area (Å²) in [5.41, 5.74) is -1.59. The van der Waals surface area contributed by atoms with E-state index in [1.54, 1.807) is 18.2 Å². The van der Waals surface area contributed by atoms with Gasteiger partial charge in [-0.3, -0.25) is 35.1 Å². The monoisotopic (exact) mass is 542 g/mol. The molecule has 0 aliphatic carbocycles. The molecule has 1 aliphatic rings. The maximum absolute atomic E-state index is 13.2. The summed E-state index contributed by atoms with van der Waals surface area (Å²) in [6.07, 6.45) is 1.06. The van der Waals surface area contributed by atoms with Gasteiger partial charge >= 0.3 is 11.7 Å².